The Morgan fingerprint density at radius 1 is 0.575 bits per heavy atom. The quantitative estimate of drug-likeness (QED) is 0.0706. The van der Waals surface area contributed by atoms with Crippen molar-refractivity contribution in [2.75, 3.05) is 105 Å². The van der Waals surface area contributed by atoms with Gasteiger partial charge >= 0.3 is 191 Å². The zero-order valence-corrected chi connectivity index (χ0v) is 26.4. The molecule has 0 spiro atoms. The van der Waals surface area contributed by atoms with Gasteiger partial charge in [0.25, 0.3) is 0 Å². The minimum absolute atomic E-state index is 0.0386. The van der Waals surface area contributed by atoms with Crippen molar-refractivity contribution < 1.29 is 73.5 Å². The summed E-state index contributed by atoms with van der Waals surface area (Å²) in [5.74, 6) is -1.19. The van der Waals surface area contributed by atoms with Gasteiger partial charge in [-0.1, -0.05) is 0 Å². The number of halogens is 1. The van der Waals surface area contributed by atoms with E-state index in [0.29, 0.717) is 85.5 Å². The van der Waals surface area contributed by atoms with Crippen molar-refractivity contribution in [3.63, 3.8) is 0 Å². The van der Waals surface area contributed by atoms with Crippen LogP contribution in [0.25, 0.3) is 0 Å². The van der Waals surface area contributed by atoms with Crippen LogP contribution in [-0.4, -0.2) is 149 Å². The first-order valence-corrected chi connectivity index (χ1v) is 16.6. The molecule has 1 heterocycles. The van der Waals surface area contributed by atoms with Crippen LogP contribution in [0, 0.1) is 0 Å². The summed E-state index contributed by atoms with van der Waals surface area (Å²) in [5, 5.41) is 0. The third-order valence-corrected chi connectivity index (χ3v) is 8.01. The van der Waals surface area contributed by atoms with Crippen molar-refractivity contribution in [2.45, 2.75) is 37.8 Å². The Morgan fingerprint density at radius 3 is 1.15 bits per heavy atom. The minimum atomic E-state index is -0.571. The molecule has 13 nitrogen and oxygen atoms in total. The van der Waals surface area contributed by atoms with Crippen LogP contribution in [0.3, 0.4) is 0 Å². The molecule has 0 aromatic rings. The fourth-order valence-electron chi connectivity index (χ4n) is 4.08. The molecule has 0 aromatic carbocycles. The van der Waals surface area contributed by atoms with Crippen LogP contribution < -0.4 is 21.2 Å². The molecule has 1 aliphatic heterocycles. The number of nitrogens with zero attached hydrogens (tertiary/aromatic N) is 2. The average molecular weight is 690 g/mol. The first-order chi connectivity index (χ1) is 19.3. The molecule has 1 saturated heterocycles. The van der Waals surface area contributed by atoms with Gasteiger partial charge in [-0.15, -0.1) is 0 Å². The van der Waals surface area contributed by atoms with Crippen molar-refractivity contribution in [3.05, 3.63) is 0 Å². The SMILES string of the molecule is COC(=O)CC(CC(=O)OC)N1CCOCCOCCN(C(CC(=O)OC)CC(=O)[I-]C)CCOCCOCC1. The van der Waals surface area contributed by atoms with Gasteiger partial charge in [-0.25, -0.2) is 0 Å². The van der Waals surface area contributed by atoms with E-state index in [1.165, 1.54) is 21.3 Å². The third kappa shape index (κ3) is 16.7. The first kappa shape index (κ1) is 36.6. The summed E-state index contributed by atoms with van der Waals surface area (Å²) in [6.45, 7) is 4.93. The molecule has 0 aromatic heterocycles. The van der Waals surface area contributed by atoms with E-state index in [0.717, 1.165) is 0 Å². The predicted molar refractivity (Wildman–Crippen MR) is 139 cm³/mol. The molecule has 14 heteroatoms. The Morgan fingerprint density at radius 2 is 0.875 bits per heavy atom. The van der Waals surface area contributed by atoms with Gasteiger partial charge in [-0.2, -0.15) is 0 Å². The van der Waals surface area contributed by atoms with Crippen LogP contribution in [0.5, 0.6) is 0 Å². The van der Waals surface area contributed by atoms with E-state index in [4.69, 9.17) is 33.2 Å². The van der Waals surface area contributed by atoms with Crippen molar-refractivity contribution in [1.82, 2.24) is 9.80 Å². The second-order valence-electron chi connectivity index (χ2n) is 8.92. The zero-order valence-electron chi connectivity index (χ0n) is 24.2. The maximum atomic E-state index is 12.3. The van der Waals surface area contributed by atoms with Gasteiger partial charge in [0.1, 0.15) is 0 Å². The van der Waals surface area contributed by atoms with Crippen LogP contribution in [0.1, 0.15) is 25.7 Å². The average Bonchev–Trinajstić information content (AvgIpc) is 2.95. The number of carbonyl (C=O) groups excluding carboxylic acids is 4. The molecule has 0 aliphatic carbocycles. The standard InChI is InChI=1S/C26H46IN2O11/c1-27-23(30)17-21(18-24(31)34-2)28-5-9-37-13-15-39-11-7-29(8-12-40-16-14-38-10-6-28)22(19-25(32)35-3)20-26(33)36-4/h21-22H,5-20H2,1-4H3/q-1. The van der Waals surface area contributed by atoms with Crippen molar-refractivity contribution in [1.29, 1.82) is 0 Å². The monoisotopic (exact) mass is 689 g/mol. The fraction of sp³-hybridized carbons (Fsp3) is 0.846. The van der Waals surface area contributed by atoms with Gasteiger partial charge in [0.15, 0.2) is 0 Å². The van der Waals surface area contributed by atoms with Gasteiger partial charge in [0, 0.05) is 6.04 Å². The molecule has 0 saturated carbocycles. The Balaban J connectivity index is 2.79. The summed E-state index contributed by atoms with van der Waals surface area (Å²) in [6.07, 6.45) is 0.504. The van der Waals surface area contributed by atoms with Gasteiger partial charge in [0.2, 0.25) is 0 Å². The maximum absolute atomic E-state index is 12.3. The summed E-state index contributed by atoms with van der Waals surface area (Å²) < 4.78 is 37.7. The third-order valence-electron chi connectivity index (χ3n) is 6.36. The molecular formula is C26H46IN2O11-. The van der Waals surface area contributed by atoms with E-state index >= 15 is 0 Å². The van der Waals surface area contributed by atoms with Gasteiger partial charge in [-0.3, -0.25) is 14.5 Å². The Hall–Kier alpha value is -1.43. The molecule has 40 heavy (non-hydrogen) atoms. The molecule has 1 atom stereocenters. The molecule has 1 fully saturated rings. The normalized spacial score (nSPS) is 18.8. The molecule has 234 valence electrons. The van der Waals surface area contributed by atoms with Crippen molar-refractivity contribution in [2.24, 2.45) is 0 Å². The van der Waals surface area contributed by atoms with Gasteiger partial charge in [0.05, 0.1) is 27.1 Å². The van der Waals surface area contributed by atoms with Crippen molar-refractivity contribution >= 4 is 21.7 Å². The van der Waals surface area contributed by atoms with Gasteiger partial charge < -0.3 is 9.47 Å². The molecule has 0 radical (unpaired) electrons. The van der Waals surface area contributed by atoms with Crippen LogP contribution in [-0.2, 0) is 52.3 Å². The molecule has 0 N–H and O–H groups in total. The molecular weight excluding hydrogens is 643 g/mol. The number of hydrogen-bond acceptors (Lipinski definition) is 13. The summed E-state index contributed by atoms with van der Waals surface area (Å²) in [5.41, 5.74) is 0. The number of rotatable bonds is 11. The Kier molecular flexibility index (Phi) is 21.2. The zero-order chi connectivity index (χ0) is 29.6. The number of esters is 3. The van der Waals surface area contributed by atoms with Crippen LogP contribution in [0.15, 0.2) is 0 Å². The second-order valence-corrected chi connectivity index (χ2v) is 11.2. The summed E-state index contributed by atoms with van der Waals surface area (Å²) in [6, 6.07) is -0.699. The fourth-order valence-corrected chi connectivity index (χ4v) is 5.02. The van der Waals surface area contributed by atoms with E-state index < -0.39 is 39.2 Å². The van der Waals surface area contributed by atoms with Crippen molar-refractivity contribution in [3.8, 4) is 0 Å². The summed E-state index contributed by atoms with van der Waals surface area (Å²) >= 11 is -0.571. The molecule has 0 bridgehead atoms. The first-order valence-electron chi connectivity index (χ1n) is 13.4. The van der Waals surface area contributed by atoms with Crippen LogP contribution in [0.4, 0.5) is 0 Å². The second kappa shape index (κ2) is 23.2. The Labute approximate surface area is 247 Å². The molecule has 1 unspecified atom stereocenters. The Bertz CT molecular complexity index is 627. The van der Waals surface area contributed by atoms with Gasteiger partial charge in [-0.05, 0) is 0 Å². The van der Waals surface area contributed by atoms with E-state index in [9.17, 15) is 19.2 Å². The number of methoxy groups -OCH3 is 3. The van der Waals surface area contributed by atoms with Crippen LogP contribution >= 0.6 is 0 Å². The van der Waals surface area contributed by atoms with E-state index in [-0.39, 0.29) is 35.1 Å². The number of carbonyl (C=O) groups is 4. The predicted octanol–water partition coefficient (Wildman–Crippen LogP) is -3.27. The number of ether oxygens (including phenoxy) is 7. The topological polar surface area (TPSA) is 139 Å². The van der Waals surface area contributed by atoms with E-state index in [2.05, 4.69) is 4.90 Å². The summed E-state index contributed by atoms with van der Waals surface area (Å²) in [4.78, 5) is 54.2. The van der Waals surface area contributed by atoms with E-state index in [1.807, 2.05) is 9.83 Å². The number of alkyl halides is 1. The van der Waals surface area contributed by atoms with Crippen LogP contribution in [0.2, 0.25) is 0 Å². The van der Waals surface area contributed by atoms with E-state index in [1.54, 1.807) is 0 Å². The summed E-state index contributed by atoms with van der Waals surface area (Å²) in [7, 11) is 3.97. The molecule has 1 aliphatic rings. The molecule has 1 rings (SSSR count). The number of hydrogen-bond donors (Lipinski definition) is 0. The molecule has 0 amide bonds.